The number of carbonyl (C=O) groups is 2. The molecule has 0 atom stereocenters. The van der Waals surface area contributed by atoms with Crippen molar-refractivity contribution >= 4 is 39.1 Å². The SMILES string of the molecule is O=C(Nc1ccc(N2CCc3ccccc3C2)c(C(=O)NCCN2CCOCC2)c1)c1cccc(Br)c1. The molecule has 5 rings (SSSR count). The van der Waals surface area contributed by atoms with Gasteiger partial charge in [-0.05, 0) is 53.9 Å². The third-order valence-corrected chi connectivity index (χ3v) is 7.37. The van der Waals surface area contributed by atoms with Gasteiger partial charge in [-0.3, -0.25) is 14.5 Å². The maximum atomic E-state index is 13.4. The highest BCUT2D eigenvalue weighted by molar-refractivity contribution is 9.10. The molecule has 1 saturated heterocycles. The molecule has 3 aromatic rings. The number of carbonyl (C=O) groups excluding carboxylic acids is 2. The number of anilines is 2. The summed E-state index contributed by atoms with van der Waals surface area (Å²) in [6.07, 6.45) is 0.926. The van der Waals surface area contributed by atoms with E-state index in [4.69, 9.17) is 4.74 Å². The number of hydrogen-bond donors (Lipinski definition) is 2. The van der Waals surface area contributed by atoms with E-state index in [-0.39, 0.29) is 11.8 Å². The Morgan fingerprint density at radius 2 is 1.70 bits per heavy atom. The summed E-state index contributed by atoms with van der Waals surface area (Å²) in [5.74, 6) is -0.361. The van der Waals surface area contributed by atoms with E-state index in [1.807, 2.05) is 24.3 Å². The van der Waals surface area contributed by atoms with Gasteiger partial charge >= 0.3 is 0 Å². The summed E-state index contributed by atoms with van der Waals surface area (Å²) in [4.78, 5) is 30.8. The van der Waals surface area contributed by atoms with E-state index in [1.165, 1.54) is 11.1 Å². The van der Waals surface area contributed by atoms with Crippen LogP contribution in [0.2, 0.25) is 0 Å². The van der Waals surface area contributed by atoms with E-state index in [1.54, 1.807) is 18.2 Å². The van der Waals surface area contributed by atoms with Crippen molar-refractivity contribution in [2.45, 2.75) is 13.0 Å². The van der Waals surface area contributed by atoms with Crippen LogP contribution in [0, 0.1) is 0 Å². The fraction of sp³-hybridized carbons (Fsp3) is 0.310. The molecule has 0 saturated carbocycles. The van der Waals surface area contributed by atoms with Gasteiger partial charge in [0.05, 0.1) is 18.8 Å². The van der Waals surface area contributed by atoms with Gasteiger partial charge in [0.2, 0.25) is 0 Å². The number of fused-ring (bicyclic) bond motifs is 1. The molecule has 0 unspecified atom stereocenters. The molecule has 2 N–H and O–H groups in total. The molecule has 0 radical (unpaired) electrons. The second-order valence-corrected chi connectivity index (χ2v) is 10.3. The average Bonchev–Trinajstić information content (AvgIpc) is 2.93. The Morgan fingerprint density at radius 3 is 2.51 bits per heavy atom. The Morgan fingerprint density at radius 1 is 0.892 bits per heavy atom. The van der Waals surface area contributed by atoms with Crippen molar-refractivity contribution in [3.05, 3.63) is 93.5 Å². The lowest BCUT2D eigenvalue weighted by atomic mass is 9.98. The summed E-state index contributed by atoms with van der Waals surface area (Å²) in [5, 5.41) is 6.05. The zero-order chi connectivity index (χ0) is 25.6. The number of halogens is 1. The van der Waals surface area contributed by atoms with Crippen molar-refractivity contribution in [3.8, 4) is 0 Å². The first-order valence-corrected chi connectivity index (χ1v) is 13.5. The predicted molar refractivity (Wildman–Crippen MR) is 149 cm³/mol. The summed E-state index contributed by atoms with van der Waals surface area (Å²) in [6, 6.07) is 21.3. The fourth-order valence-corrected chi connectivity index (χ4v) is 5.25. The number of morpholine rings is 1. The quantitative estimate of drug-likeness (QED) is 0.448. The van der Waals surface area contributed by atoms with Gasteiger partial charge in [-0.1, -0.05) is 46.3 Å². The largest absolute Gasteiger partial charge is 0.379 e. The van der Waals surface area contributed by atoms with Crippen molar-refractivity contribution in [3.63, 3.8) is 0 Å². The Balaban J connectivity index is 1.36. The second kappa shape index (κ2) is 11.9. The van der Waals surface area contributed by atoms with Crippen LogP contribution in [0.5, 0.6) is 0 Å². The highest BCUT2D eigenvalue weighted by Gasteiger charge is 2.22. The lowest BCUT2D eigenvalue weighted by Crippen LogP contribution is -2.41. The highest BCUT2D eigenvalue weighted by atomic mass is 79.9. The number of nitrogens with one attached hydrogen (secondary N) is 2. The molecule has 7 nitrogen and oxygen atoms in total. The molecule has 192 valence electrons. The molecule has 2 aliphatic rings. The van der Waals surface area contributed by atoms with E-state index in [9.17, 15) is 9.59 Å². The topological polar surface area (TPSA) is 73.9 Å². The van der Waals surface area contributed by atoms with Gasteiger partial charge in [-0.2, -0.15) is 0 Å². The van der Waals surface area contributed by atoms with Crippen molar-refractivity contribution in [2.75, 3.05) is 56.2 Å². The second-order valence-electron chi connectivity index (χ2n) is 9.35. The number of hydrogen-bond acceptors (Lipinski definition) is 5. The van der Waals surface area contributed by atoms with Gasteiger partial charge in [0, 0.05) is 60.7 Å². The van der Waals surface area contributed by atoms with Gasteiger partial charge in [-0.25, -0.2) is 0 Å². The van der Waals surface area contributed by atoms with Crippen molar-refractivity contribution in [1.82, 2.24) is 10.2 Å². The molecule has 2 heterocycles. The van der Waals surface area contributed by atoms with E-state index in [2.05, 4.69) is 60.6 Å². The first-order valence-electron chi connectivity index (χ1n) is 12.7. The minimum absolute atomic E-state index is 0.138. The molecule has 0 bridgehead atoms. The highest BCUT2D eigenvalue weighted by Crippen LogP contribution is 2.30. The Hall–Kier alpha value is -3.20. The minimum Gasteiger partial charge on any atom is -0.379 e. The van der Waals surface area contributed by atoms with Gasteiger partial charge in [0.15, 0.2) is 0 Å². The zero-order valence-electron chi connectivity index (χ0n) is 20.7. The summed E-state index contributed by atoms with van der Waals surface area (Å²) < 4.78 is 6.25. The third kappa shape index (κ3) is 6.39. The van der Waals surface area contributed by atoms with Crippen molar-refractivity contribution < 1.29 is 14.3 Å². The van der Waals surface area contributed by atoms with Crippen LogP contribution in [0.1, 0.15) is 31.8 Å². The standard InChI is InChI=1S/C29H31BrN4O3/c30-24-7-3-6-22(18-24)28(35)32-25-8-9-27(34-12-10-21-4-1-2-5-23(21)20-34)26(19-25)29(36)31-11-13-33-14-16-37-17-15-33/h1-9,18-19H,10-17,20H2,(H,31,36)(H,32,35). The molecule has 0 spiro atoms. The van der Waals surface area contributed by atoms with Gasteiger partial charge in [0.25, 0.3) is 11.8 Å². The van der Waals surface area contributed by atoms with Crippen LogP contribution in [0.3, 0.4) is 0 Å². The van der Waals surface area contributed by atoms with Crippen molar-refractivity contribution in [1.29, 1.82) is 0 Å². The average molecular weight is 563 g/mol. The summed E-state index contributed by atoms with van der Waals surface area (Å²) >= 11 is 3.42. The molecule has 1 fully saturated rings. The van der Waals surface area contributed by atoms with E-state index < -0.39 is 0 Å². The van der Waals surface area contributed by atoms with Gasteiger partial charge in [-0.15, -0.1) is 0 Å². The zero-order valence-corrected chi connectivity index (χ0v) is 22.3. The van der Waals surface area contributed by atoms with Crippen LogP contribution in [0.4, 0.5) is 11.4 Å². The smallest absolute Gasteiger partial charge is 0.255 e. The number of rotatable bonds is 7. The molecular formula is C29H31BrN4O3. The lowest BCUT2D eigenvalue weighted by Gasteiger charge is -2.32. The van der Waals surface area contributed by atoms with E-state index >= 15 is 0 Å². The Kier molecular flexibility index (Phi) is 8.18. The van der Waals surface area contributed by atoms with Crippen LogP contribution < -0.4 is 15.5 Å². The summed E-state index contributed by atoms with van der Waals surface area (Å²) in [6.45, 7) is 6.12. The van der Waals surface area contributed by atoms with Crippen molar-refractivity contribution in [2.24, 2.45) is 0 Å². The molecule has 0 aliphatic carbocycles. The fourth-order valence-electron chi connectivity index (χ4n) is 4.85. The molecule has 3 aromatic carbocycles. The predicted octanol–water partition coefficient (Wildman–Crippen LogP) is 4.33. The molecule has 2 aliphatic heterocycles. The van der Waals surface area contributed by atoms with Crippen LogP contribution in [-0.2, 0) is 17.7 Å². The minimum atomic E-state index is -0.223. The maximum Gasteiger partial charge on any atom is 0.255 e. The number of nitrogens with zero attached hydrogens (tertiary/aromatic N) is 2. The van der Waals surface area contributed by atoms with Crippen LogP contribution in [0.25, 0.3) is 0 Å². The molecule has 0 aromatic heterocycles. The number of ether oxygens (including phenoxy) is 1. The summed E-state index contributed by atoms with van der Waals surface area (Å²) in [7, 11) is 0. The van der Waals surface area contributed by atoms with Crippen LogP contribution in [-0.4, -0.2) is 62.7 Å². The first-order chi connectivity index (χ1) is 18.1. The molecule has 37 heavy (non-hydrogen) atoms. The Bertz CT molecular complexity index is 1280. The third-order valence-electron chi connectivity index (χ3n) is 6.87. The normalized spacial score (nSPS) is 15.6. The number of benzene rings is 3. The molecule has 8 heteroatoms. The Labute approximate surface area is 225 Å². The summed E-state index contributed by atoms with van der Waals surface area (Å²) in [5.41, 5.74) is 5.20. The lowest BCUT2D eigenvalue weighted by molar-refractivity contribution is 0.0383. The van der Waals surface area contributed by atoms with Gasteiger partial charge < -0.3 is 20.3 Å². The number of amides is 2. The molecular weight excluding hydrogens is 532 g/mol. The first kappa shape index (κ1) is 25.4. The van der Waals surface area contributed by atoms with Crippen LogP contribution in [0.15, 0.2) is 71.2 Å². The van der Waals surface area contributed by atoms with Crippen LogP contribution >= 0.6 is 15.9 Å². The monoisotopic (exact) mass is 562 g/mol. The van der Waals surface area contributed by atoms with Gasteiger partial charge in [0.1, 0.15) is 0 Å². The molecule has 2 amide bonds. The van der Waals surface area contributed by atoms with E-state index in [0.29, 0.717) is 23.4 Å². The maximum absolute atomic E-state index is 13.4. The van der Waals surface area contributed by atoms with E-state index in [0.717, 1.165) is 62.5 Å².